The number of likely N-dealkylation sites (tertiary alicyclic amines) is 1. The van der Waals surface area contributed by atoms with Crippen molar-refractivity contribution in [2.24, 2.45) is 0 Å². The van der Waals surface area contributed by atoms with Gasteiger partial charge in [0.25, 0.3) is 0 Å². The van der Waals surface area contributed by atoms with E-state index in [2.05, 4.69) is 39.5 Å². The van der Waals surface area contributed by atoms with Crippen LogP contribution in [0, 0.1) is 0 Å². The highest BCUT2D eigenvalue weighted by Gasteiger charge is 2.29. The van der Waals surface area contributed by atoms with Crippen LogP contribution in [-0.4, -0.2) is 72.7 Å². The Morgan fingerprint density at radius 1 is 1.20 bits per heavy atom. The fourth-order valence-electron chi connectivity index (χ4n) is 3.77. The number of aromatic nitrogens is 1. The summed E-state index contributed by atoms with van der Waals surface area (Å²) in [6, 6.07) is 8.67. The molecule has 2 saturated heterocycles. The highest BCUT2D eigenvalue weighted by molar-refractivity contribution is 5.83. The van der Waals surface area contributed by atoms with Crippen molar-refractivity contribution in [1.82, 2.24) is 20.1 Å². The number of hydrogen-bond acceptors (Lipinski definition) is 4. The van der Waals surface area contributed by atoms with E-state index >= 15 is 0 Å². The number of morpholine rings is 1. The number of H-pyrrole nitrogens is 1. The molecule has 2 fully saturated rings. The number of fused-ring (bicyclic) bond motifs is 1. The van der Waals surface area contributed by atoms with Gasteiger partial charge in [0.2, 0.25) is 5.91 Å². The Bertz CT molecular complexity index is 723. The Morgan fingerprint density at radius 2 is 2.08 bits per heavy atom. The van der Waals surface area contributed by atoms with Gasteiger partial charge in [0, 0.05) is 68.8 Å². The van der Waals surface area contributed by atoms with Crippen molar-refractivity contribution >= 4 is 16.8 Å². The number of carbonyl (C=O) groups is 1. The molecule has 0 spiro atoms. The monoisotopic (exact) mass is 342 g/mol. The minimum atomic E-state index is 0.242. The number of rotatable bonds is 6. The first-order valence-corrected chi connectivity index (χ1v) is 9.16. The van der Waals surface area contributed by atoms with E-state index < -0.39 is 0 Å². The standard InChI is InChI=1S/C19H26N4O2/c24-19-12-16(14-23(19)7-6-22-8-10-25-11-9-22)21-13-15-2-1-3-18-17(15)4-5-20-18/h1-5,16,20-21H,6-14H2. The minimum Gasteiger partial charge on any atom is -0.379 e. The second-order valence-electron chi connectivity index (χ2n) is 6.93. The Labute approximate surface area is 148 Å². The Kier molecular flexibility index (Phi) is 5.01. The molecule has 3 heterocycles. The van der Waals surface area contributed by atoms with E-state index in [0.717, 1.165) is 58.0 Å². The van der Waals surface area contributed by atoms with E-state index in [-0.39, 0.29) is 11.9 Å². The first kappa shape index (κ1) is 16.6. The van der Waals surface area contributed by atoms with E-state index in [9.17, 15) is 4.79 Å². The summed E-state index contributed by atoms with van der Waals surface area (Å²) < 4.78 is 5.37. The highest BCUT2D eigenvalue weighted by atomic mass is 16.5. The summed E-state index contributed by atoms with van der Waals surface area (Å²) in [5, 5.41) is 4.82. The van der Waals surface area contributed by atoms with E-state index in [4.69, 9.17) is 4.74 Å². The number of ether oxygens (including phenoxy) is 1. The number of amides is 1. The quantitative estimate of drug-likeness (QED) is 0.828. The molecule has 25 heavy (non-hydrogen) atoms. The van der Waals surface area contributed by atoms with Gasteiger partial charge in [0.05, 0.1) is 13.2 Å². The van der Waals surface area contributed by atoms with Crippen LogP contribution in [0.2, 0.25) is 0 Å². The minimum absolute atomic E-state index is 0.242. The van der Waals surface area contributed by atoms with Crippen LogP contribution < -0.4 is 5.32 Å². The molecular weight excluding hydrogens is 316 g/mol. The van der Waals surface area contributed by atoms with Crippen molar-refractivity contribution in [3.05, 3.63) is 36.0 Å². The molecule has 4 rings (SSSR count). The molecule has 1 amide bonds. The van der Waals surface area contributed by atoms with Crippen molar-refractivity contribution in [3.63, 3.8) is 0 Å². The van der Waals surface area contributed by atoms with Gasteiger partial charge in [0.1, 0.15) is 0 Å². The normalized spacial score (nSPS) is 22.2. The summed E-state index contributed by atoms with van der Waals surface area (Å²) in [4.78, 5) is 19.9. The first-order chi connectivity index (χ1) is 12.3. The van der Waals surface area contributed by atoms with Crippen LogP contribution in [0.4, 0.5) is 0 Å². The van der Waals surface area contributed by atoms with Crippen LogP contribution in [0.5, 0.6) is 0 Å². The van der Waals surface area contributed by atoms with E-state index in [1.165, 1.54) is 10.9 Å². The molecule has 0 bridgehead atoms. The average molecular weight is 342 g/mol. The zero-order valence-corrected chi connectivity index (χ0v) is 14.5. The molecule has 6 heteroatoms. The van der Waals surface area contributed by atoms with Crippen molar-refractivity contribution in [1.29, 1.82) is 0 Å². The predicted molar refractivity (Wildman–Crippen MR) is 97.4 cm³/mol. The lowest BCUT2D eigenvalue weighted by atomic mass is 10.1. The number of benzene rings is 1. The molecule has 134 valence electrons. The van der Waals surface area contributed by atoms with Crippen LogP contribution in [-0.2, 0) is 16.1 Å². The van der Waals surface area contributed by atoms with Crippen molar-refractivity contribution in [3.8, 4) is 0 Å². The summed E-state index contributed by atoms with van der Waals surface area (Å²) in [5.41, 5.74) is 2.44. The smallest absolute Gasteiger partial charge is 0.224 e. The third-order valence-electron chi connectivity index (χ3n) is 5.27. The molecular formula is C19H26N4O2. The Balaban J connectivity index is 1.28. The third-order valence-corrected chi connectivity index (χ3v) is 5.27. The molecule has 1 unspecified atom stereocenters. The number of aromatic amines is 1. The van der Waals surface area contributed by atoms with Gasteiger partial charge in [-0.3, -0.25) is 9.69 Å². The largest absolute Gasteiger partial charge is 0.379 e. The van der Waals surface area contributed by atoms with E-state index in [0.29, 0.717) is 6.42 Å². The number of hydrogen-bond donors (Lipinski definition) is 2. The SMILES string of the molecule is O=C1CC(NCc2cccc3[nH]ccc23)CN1CCN1CCOCC1. The molecule has 2 N–H and O–H groups in total. The summed E-state index contributed by atoms with van der Waals surface area (Å²) in [6.45, 7) is 6.95. The predicted octanol–water partition coefficient (Wildman–Crippen LogP) is 1.19. The zero-order valence-electron chi connectivity index (χ0n) is 14.5. The molecule has 2 aliphatic rings. The summed E-state index contributed by atoms with van der Waals surface area (Å²) >= 11 is 0. The van der Waals surface area contributed by atoms with Gasteiger partial charge < -0.3 is 19.9 Å². The maximum Gasteiger partial charge on any atom is 0.224 e. The van der Waals surface area contributed by atoms with Crippen LogP contribution in [0.15, 0.2) is 30.5 Å². The topological polar surface area (TPSA) is 60.6 Å². The molecule has 0 radical (unpaired) electrons. The lowest BCUT2D eigenvalue weighted by Gasteiger charge is -2.28. The lowest BCUT2D eigenvalue weighted by molar-refractivity contribution is -0.128. The van der Waals surface area contributed by atoms with Gasteiger partial charge in [-0.1, -0.05) is 12.1 Å². The Morgan fingerprint density at radius 3 is 2.96 bits per heavy atom. The second-order valence-corrected chi connectivity index (χ2v) is 6.93. The lowest BCUT2D eigenvalue weighted by Crippen LogP contribution is -2.42. The molecule has 1 aromatic heterocycles. The Hall–Kier alpha value is -1.89. The van der Waals surface area contributed by atoms with Crippen LogP contribution in [0.3, 0.4) is 0 Å². The summed E-state index contributed by atoms with van der Waals surface area (Å²) in [5.74, 6) is 0.269. The fourth-order valence-corrected chi connectivity index (χ4v) is 3.77. The van der Waals surface area contributed by atoms with Crippen LogP contribution in [0.1, 0.15) is 12.0 Å². The third kappa shape index (κ3) is 3.86. The van der Waals surface area contributed by atoms with Crippen LogP contribution >= 0.6 is 0 Å². The van der Waals surface area contributed by atoms with Gasteiger partial charge in [-0.2, -0.15) is 0 Å². The van der Waals surface area contributed by atoms with E-state index in [1.807, 2.05) is 11.1 Å². The summed E-state index contributed by atoms with van der Waals surface area (Å²) in [6.07, 6.45) is 2.58. The molecule has 2 aromatic rings. The molecule has 2 aliphatic heterocycles. The maximum atomic E-state index is 12.3. The maximum absolute atomic E-state index is 12.3. The molecule has 1 atom stereocenters. The van der Waals surface area contributed by atoms with Gasteiger partial charge in [0.15, 0.2) is 0 Å². The summed E-state index contributed by atoms with van der Waals surface area (Å²) in [7, 11) is 0. The fraction of sp³-hybridized carbons (Fsp3) is 0.526. The van der Waals surface area contributed by atoms with Crippen molar-refractivity contribution < 1.29 is 9.53 Å². The molecule has 1 aromatic carbocycles. The number of nitrogens with one attached hydrogen (secondary N) is 2. The molecule has 0 saturated carbocycles. The average Bonchev–Trinajstić information content (AvgIpc) is 3.26. The van der Waals surface area contributed by atoms with Gasteiger partial charge in [-0.25, -0.2) is 0 Å². The number of carbonyl (C=O) groups excluding carboxylic acids is 1. The highest BCUT2D eigenvalue weighted by Crippen LogP contribution is 2.18. The first-order valence-electron chi connectivity index (χ1n) is 9.16. The molecule has 6 nitrogen and oxygen atoms in total. The van der Waals surface area contributed by atoms with Gasteiger partial charge in [-0.05, 0) is 17.7 Å². The van der Waals surface area contributed by atoms with Gasteiger partial charge in [-0.15, -0.1) is 0 Å². The number of nitrogens with zero attached hydrogens (tertiary/aromatic N) is 2. The zero-order chi connectivity index (χ0) is 17.1. The van der Waals surface area contributed by atoms with Crippen molar-refractivity contribution in [2.45, 2.75) is 19.0 Å². The van der Waals surface area contributed by atoms with Gasteiger partial charge >= 0.3 is 0 Å². The molecule has 0 aliphatic carbocycles. The van der Waals surface area contributed by atoms with Crippen molar-refractivity contribution in [2.75, 3.05) is 45.9 Å². The van der Waals surface area contributed by atoms with Crippen LogP contribution in [0.25, 0.3) is 10.9 Å². The van der Waals surface area contributed by atoms with E-state index in [1.54, 1.807) is 0 Å². The second kappa shape index (κ2) is 7.56.